The van der Waals surface area contributed by atoms with Crippen molar-refractivity contribution >= 4 is 76.9 Å². The number of rotatable bonds is 4. The maximum Gasteiger partial charge on any atom is 0.157 e. The zero-order chi connectivity index (χ0) is 36.0. The molecule has 11 aromatic rings. The van der Waals surface area contributed by atoms with Crippen molar-refractivity contribution in [2.45, 2.75) is 6.04 Å². The minimum atomic E-state index is -0.341. The Bertz CT molecular complexity index is 3350. The van der Waals surface area contributed by atoms with Gasteiger partial charge in [0.15, 0.2) is 5.76 Å². The van der Waals surface area contributed by atoms with Crippen molar-refractivity contribution in [1.82, 2.24) is 9.13 Å². The number of aliphatic imine (C=N–C) groups is 1. The Labute approximate surface area is 316 Å². The quantitative estimate of drug-likeness (QED) is 0.198. The maximum atomic E-state index is 6.62. The van der Waals surface area contributed by atoms with Gasteiger partial charge in [-0.3, -0.25) is 4.99 Å². The highest BCUT2D eigenvalue weighted by molar-refractivity contribution is 6.16. The van der Waals surface area contributed by atoms with Crippen molar-refractivity contribution in [1.29, 1.82) is 0 Å². The van der Waals surface area contributed by atoms with Crippen LogP contribution in [0.2, 0.25) is 0 Å². The summed E-state index contributed by atoms with van der Waals surface area (Å²) in [7, 11) is 0. The van der Waals surface area contributed by atoms with Crippen LogP contribution in [0.3, 0.4) is 0 Å². The molecule has 4 heterocycles. The average molecular weight is 705 g/mol. The number of fused-ring (bicyclic) bond motifs is 10. The second-order valence-electron chi connectivity index (χ2n) is 14.4. The Morgan fingerprint density at radius 3 is 1.80 bits per heavy atom. The lowest BCUT2D eigenvalue weighted by Crippen LogP contribution is -2.21. The van der Waals surface area contributed by atoms with E-state index in [1.54, 1.807) is 0 Å². The van der Waals surface area contributed by atoms with E-state index in [0.29, 0.717) is 0 Å². The third-order valence-electron chi connectivity index (χ3n) is 11.3. The fourth-order valence-electron chi connectivity index (χ4n) is 8.81. The fraction of sp³-hybridized carbons (Fsp3) is 0.0200. The van der Waals surface area contributed by atoms with Crippen LogP contribution in [0.15, 0.2) is 191 Å². The molecule has 1 unspecified atom stereocenters. The van der Waals surface area contributed by atoms with Gasteiger partial charge in [0.2, 0.25) is 0 Å². The fourth-order valence-corrected chi connectivity index (χ4v) is 8.81. The first-order valence-corrected chi connectivity index (χ1v) is 18.7. The molecule has 5 heteroatoms. The summed E-state index contributed by atoms with van der Waals surface area (Å²) in [6, 6.07) is 64.6. The highest BCUT2D eigenvalue weighted by Gasteiger charge is 2.30. The van der Waals surface area contributed by atoms with Crippen LogP contribution in [0.4, 0.5) is 5.69 Å². The van der Waals surface area contributed by atoms with Gasteiger partial charge in [-0.25, -0.2) is 0 Å². The van der Waals surface area contributed by atoms with Crippen LogP contribution < -0.4 is 5.32 Å². The molecule has 0 aliphatic carbocycles. The van der Waals surface area contributed by atoms with Crippen molar-refractivity contribution < 1.29 is 4.42 Å². The smallest absolute Gasteiger partial charge is 0.157 e. The first-order valence-electron chi connectivity index (χ1n) is 18.7. The van der Waals surface area contributed by atoms with E-state index in [1.807, 2.05) is 12.1 Å². The summed E-state index contributed by atoms with van der Waals surface area (Å²) in [5, 5.41) is 12.1. The van der Waals surface area contributed by atoms with E-state index >= 15 is 0 Å². The predicted molar refractivity (Wildman–Crippen MR) is 227 cm³/mol. The van der Waals surface area contributed by atoms with E-state index in [9.17, 15) is 0 Å². The SMILES string of the molecule is c1ccc(-n2c3ccccc3c3cc(C4N=C(c5ccc(-n6c7ccccc7c7cc8ccccc8cc76)cc5)Nc5c4oc4ccccc54)ccc32)cc1. The Hall–Kier alpha value is -7.37. The van der Waals surface area contributed by atoms with Crippen LogP contribution in [0.1, 0.15) is 22.9 Å². The highest BCUT2D eigenvalue weighted by atomic mass is 16.3. The molecule has 0 bridgehead atoms. The molecule has 1 aliphatic heterocycles. The molecule has 5 nitrogen and oxygen atoms in total. The van der Waals surface area contributed by atoms with Crippen molar-refractivity contribution in [2.75, 3.05) is 5.32 Å². The van der Waals surface area contributed by atoms with Crippen LogP contribution in [-0.4, -0.2) is 15.0 Å². The second-order valence-corrected chi connectivity index (χ2v) is 14.4. The molecule has 55 heavy (non-hydrogen) atoms. The molecule has 0 radical (unpaired) electrons. The molecular formula is C50H32N4O. The lowest BCUT2D eigenvalue weighted by molar-refractivity contribution is 0.526. The van der Waals surface area contributed by atoms with Crippen molar-refractivity contribution in [3.63, 3.8) is 0 Å². The summed E-state index contributed by atoms with van der Waals surface area (Å²) in [5.41, 5.74) is 10.9. The lowest BCUT2D eigenvalue weighted by atomic mass is 9.98. The maximum absolute atomic E-state index is 6.62. The molecule has 12 rings (SSSR count). The summed E-state index contributed by atoms with van der Waals surface area (Å²) in [6.45, 7) is 0. The number of nitrogens with zero attached hydrogens (tertiary/aromatic N) is 3. The molecular weight excluding hydrogens is 673 g/mol. The number of furan rings is 1. The Balaban J connectivity index is 1.01. The van der Waals surface area contributed by atoms with Gasteiger partial charge in [0.1, 0.15) is 17.5 Å². The molecule has 0 amide bonds. The Kier molecular flexibility index (Phi) is 6.33. The van der Waals surface area contributed by atoms with Gasteiger partial charge in [-0.2, -0.15) is 0 Å². The van der Waals surface area contributed by atoms with E-state index in [1.165, 1.54) is 48.9 Å². The minimum Gasteiger partial charge on any atom is -0.456 e. The molecule has 0 spiro atoms. The largest absolute Gasteiger partial charge is 0.456 e. The van der Waals surface area contributed by atoms with E-state index in [2.05, 4.69) is 184 Å². The predicted octanol–water partition coefficient (Wildman–Crippen LogP) is 12.7. The van der Waals surface area contributed by atoms with Gasteiger partial charge in [-0.05, 0) is 101 Å². The third-order valence-corrected chi connectivity index (χ3v) is 11.3. The van der Waals surface area contributed by atoms with Gasteiger partial charge in [-0.1, -0.05) is 97.1 Å². The van der Waals surface area contributed by atoms with Gasteiger partial charge < -0.3 is 18.9 Å². The van der Waals surface area contributed by atoms with E-state index in [4.69, 9.17) is 9.41 Å². The van der Waals surface area contributed by atoms with E-state index in [0.717, 1.165) is 56.3 Å². The zero-order valence-corrected chi connectivity index (χ0v) is 29.6. The molecule has 1 N–H and O–H groups in total. The Morgan fingerprint density at radius 1 is 0.455 bits per heavy atom. The third kappa shape index (κ3) is 4.50. The molecule has 258 valence electrons. The summed E-state index contributed by atoms with van der Waals surface area (Å²) in [6.07, 6.45) is 0. The summed E-state index contributed by atoms with van der Waals surface area (Å²) >= 11 is 0. The number of amidine groups is 1. The van der Waals surface area contributed by atoms with Gasteiger partial charge in [0.25, 0.3) is 0 Å². The lowest BCUT2D eigenvalue weighted by Gasteiger charge is -2.22. The molecule has 0 saturated heterocycles. The summed E-state index contributed by atoms with van der Waals surface area (Å²) < 4.78 is 11.3. The van der Waals surface area contributed by atoms with Crippen LogP contribution in [0.5, 0.6) is 0 Å². The highest BCUT2D eigenvalue weighted by Crippen LogP contribution is 2.44. The Morgan fingerprint density at radius 2 is 1.04 bits per heavy atom. The standard InChI is InChI=1S/C50H32N4O/c1-2-14-35(15-3-1)53-42-19-9-6-16-37(42)40-29-34(24-27-44(40)53)47-49-48(39-18-8-11-21-46(39)55-49)52-50(51-47)31-22-25-36(26-23-31)54-43-20-10-7-17-38(43)41-28-32-12-4-5-13-33(32)30-45(41)54/h1-30,47H,(H,51,52). The minimum absolute atomic E-state index is 0.341. The first-order chi connectivity index (χ1) is 27.3. The molecule has 1 aliphatic rings. The van der Waals surface area contributed by atoms with Crippen molar-refractivity contribution in [3.8, 4) is 11.4 Å². The number of hydrogen-bond acceptors (Lipinski definition) is 3. The van der Waals surface area contributed by atoms with Crippen LogP contribution >= 0.6 is 0 Å². The molecule has 3 aromatic heterocycles. The number of benzene rings is 8. The molecule has 0 fully saturated rings. The van der Waals surface area contributed by atoms with Crippen LogP contribution in [-0.2, 0) is 0 Å². The van der Waals surface area contributed by atoms with Gasteiger partial charge in [-0.15, -0.1) is 0 Å². The van der Waals surface area contributed by atoms with Crippen molar-refractivity contribution in [2.24, 2.45) is 4.99 Å². The number of aromatic nitrogens is 2. The number of anilines is 1. The van der Waals surface area contributed by atoms with Crippen LogP contribution in [0, 0.1) is 0 Å². The number of nitrogens with one attached hydrogen (secondary N) is 1. The van der Waals surface area contributed by atoms with E-state index < -0.39 is 0 Å². The van der Waals surface area contributed by atoms with Gasteiger partial charge >= 0.3 is 0 Å². The van der Waals surface area contributed by atoms with Gasteiger partial charge in [0, 0.05) is 43.9 Å². The first kappa shape index (κ1) is 30.1. The molecule has 1 atom stereocenters. The number of para-hydroxylation sites is 4. The van der Waals surface area contributed by atoms with Crippen molar-refractivity contribution in [3.05, 3.63) is 199 Å². The molecule has 8 aromatic carbocycles. The average Bonchev–Trinajstić information content (AvgIpc) is 3.90. The summed E-state index contributed by atoms with van der Waals surface area (Å²) in [4.78, 5) is 5.44. The topological polar surface area (TPSA) is 47.4 Å². The van der Waals surface area contributed by atoms with E-state index in [-0.39, 0.29) is 6.04 Å². The zero-order valence-electron chi connectivity index (χ0n) is 29.6. The monoisotopic (exact) mass is 704 g/mol. The van der Waals surface area contributed by atoms with Gasteiger partial charge in [0.05, 0.1) is 27.8 Å². The van der Waals surface area contributed by atoms with Crippen LogP contribution in [0.25, 0.3) is 76.7 Å². The second kappa shape index (κ2) is 11.6. The molecule has 0 saturated carbocycles. The summed E-state index contributed by atoms with van der Waals surface area (Å²) in [5.74, 6) is 1.64. The normalized spacial score (nSPS) is 14.3. The number of hydrogen-bond donors (Lipinski definition) is 1.